The van der Waals surface area contributed by atoms with E-state index in [9.17, 15) is 10.4 Å². The van der Waals surface area contributed by atoms with Crippen LogP contribution in [0.25, 0.3) is 22.3 Å². The van der Waals surface area contributed by atoms with E-state index in [1.165, 1.54) is 0 Å². The van der Waals surface area contributed by atoms with Crippen LogP contribution >= 0.6 is 0 Å². The maximum Gasteiger partial charge on any atom is 0.174 e. The number of aromatic nitrogens is 4. The Labute approximate surface area is 125 Å². The molecule has 110 valence electrons. The molecule has 2 heterocycles. The first kappa shape index (κ1) is 13.0. The number of benzene rings is 2. The number of hydrogen-bond donors (Lipinski definition) is 3. The van der Waals surface area contributed by atoms with Gasteiger partial charge in [0.05, 0.1) is 4.74 Å². The Morgan fingerprint density at radius 3 is 2.77 bits per heavy atom. The molecule has 1 unspecified atom stereocenters. The van der Waals surface area contributed by atoms with Crippen molar-refractivity contribution < 1.29 is 14.9 Å². The zero-order valence-corrected chi connectivity index (χ0v) is 11.8. The van der Waals surface area contributed by atoms with Gasteiger partial charge in [0.15, 0.2) is 28.6 Å². The van der Waals surface area contributed by atoms with Crippen LogP contribution in [0.4, 0.5) is 5.69 Å². The van der Waals surface area contributed by atoms with Gasteiger partial charge >= 0.3 is 0 Å². The molecule has 0 aliphatic carbocycles. The maximum absolute atomic E-state index is 11.4. The van der Waals surface area contributed by atoms with Crippen molar-refractivity contribution in [2.45, 2.75) is 6.92 Å². The first-order valence-electron chi connectivity index (χ1n) is 6.86. The lowest BCUT2D eigenvalue weighted by Crippen LogP contribution is -2.99. The number of rotatable bonds is 2. The van der Waals surface area contributed by atoms with Crippen molar-refractivity contribution in [1.29, 1.82) is 0 Å². The average molecular weight is 296 g/mol. The van der Waals surface area contributed by atoms with E-state index in [1.807, 2.05) is 40.9 Å². The van der Waals surface area contributed by atoms with Crippen LogP contribution < -0.4 is 9.74 Å². The number of fused-ring (bicyclic) bond motifs is 3. The molecular formula is C15H14N5O2+. The molecule has 0 saturated heterocycles. The topological polar surface area (TPSA) is 84.9 Å². The first-order valence-corrected chi connectivity index (χ1v) is 6.86. The fraction of sp³-hybridized carbons (Fsp3) is 0.0667. The van der Waals surface area contributed by atoms with Gasteiger partial charge in [-0.2, -0.15) is 10.3 Å². The fourth-order valence-electron chi connectivity index (χ4n) is 2.73. The molecule has 2 aromatic carbocycles. The highest BCUT2D eigenvalue weighted by molar-refractivity contribution is 5.76. The standard InChI is InChI=1S/C15H14N5O2/c1-10-7-12-14(8-13(10)19(21)22)18-15(9-16-20(18)17-12)11-5-3-2-4-6-11/h2-9,19,21H,1H3,(H,16,17)/q+1. The number of nitrogens with zero attached hydrogens (tertiary/aromatic N) is 3. The van der Waals surface area contributed by atoms with Crippen LogP contribution in [0.3, 0.4) is 0 Å². The largest absolute Gasteiger partial charge is 0.595 e. The van der Waals surface area contributed by atoms with Crippen LogP contribution in [0.2, 0.25) is 0 Å². The molecule has 0 spiro atoms. The highest BCUT2D eigenvalue weighted by Crippen LogP contribution is 2.20. The van der Waals surface area contributed by atoms with Gasteiger partial charge in [-0.1, -0.05) is 30.3 Å². The van der Waals surface area contributed by atoms with Crippen LogP contribution in [0, 0.1) is 12.1 Å². The molecule has 4 aromatic rings. The van der Waals surface area contributed by atoms with Gasteiger partial charge in [0.2, 0.25) is 0 Å². The van der Waals surface area contributed by atoms with E-state index < -0.39 is 5.23 Å². The minimum absolute atomic E-state index is 0.293. The lowest BCUT2D eigenvalue weighted by Gasteiger charge is -2.13. The summed E-state index contributed by atoms with van der Waals surface area (Å²) in [6, 6.07) is 13.4. The van der Waals surface area contributed by atoms with Crippen LogP contribution in [0.5, 0.6) is 0 Å². The van der Waals surface area contributed by atoms with Gasteiger partial charge in [0, 0.05) is 22.3 Å². The molecule has 0 bridgehead atoms. The first-order chi connectivity index (χ1) is 10.6. The summed E-state index contributed by atoms with van der Waals surface area (Å²) in [5.74, 6) is 0. The predicted molar refractivity (Wildman–Crippen MR) is 78.7 cm³/mol. The summed E-state index contributed by atoms with van der Waals surface area (Å²) in [7, 11) is 0. The minimum Gasteiger partial charge on any atom is -0.595 e. The molecule has 0 saturated carbocycles. The Morgan fingerprint density at radius 1 is 1.27 bits per heavy atom. The van der Waals surface area contributed by atoms with Crippen LogP contribution in [0.15, 0.2) is 48.7 Å². The zero-order valence-electron chi connectivity index (χ0n) is 11.8. The van der Waals surface area contributed by atoms with Crippen molar-refractivity contribution >= 4 is 16.7 Å². The smallest absolute Gasteiger partial charge is 0.174 e. The molecular weight excluding hydrogens is 282 g/mol. The van der Waals surface area contributed by atoms with E-state index in [0.29, 0.717) is 11.3 Å². The van der Waals surface area contributed by atoms with E-state index in [2.05, 4.69) is 10.2 Å². The highest BCUT2D eigenvalue weighted by atomic mass is 16.8. The monoisotopic (exact) mass is 296 g/mol. The Bertz CT molecular complexity index is 972. The normalized spacial score (nSPS) is 13.0. The second kappa shape index (κ2) is 4.63. The number of hydrogen-bond acceptors (Lipinski definition) is 3. The second-order valence-electron chi connectivity index (χ2n) is 5.20. The van der Waals surface area contributed by atoms with E-state index >= 15 is 0 Å². The summed E-state index contributed by atoms with van der Waals surface area (Å²) in [5.41, 5.74) is 4.54. The maximum atomic E-state index is 11.4. The molecule has 0 amide bonds. The van der Waals surface area contributed by atoms with Crippen molar-refractivity contribution in [3.05, 3.63) is 59.4 Å². The summed E-state index contributed by atoms with van der Waals surface area (Å²) in [6.45, 7) is 1.79. The summed E-state index contributed by atoms with van der Waals surface area (Å²) in [5, 5.41) is 27.2. The molecule has 0 radical (unpaired) electrons. The summed E-state index contributed by atoms with van der Waals surface area (Å²) in [6.07, 6.45) is 1.76. The quantitative estimate of drug-likeness (QED) is 0.377. The zero-order chi connectivity index (χ0) is 15.3. The van der Waals surface area contributed by atoms with E-state index in [0.717, 1.165) is 22.3 Å². The van der Waals surface area contributed by atoms with Gasteiger partial charge in [-0.15, -0.1) is 4.52 Å². The second-order valence-corrected chi connectivity index (χ2v) is 5.20. The third-order valence-corrected chi connectivity index (χ3v) is 3.80. The lowest BCUT2D eigenvalue weighted by atomic mass is 10.1. The van der Waals surface area contributed by atoms with Crippen LogP contribution in [0.1, 0.15) is 5.56 Å². The van der Waals surface area contributed by atoms with E-state index in [-0.39, 0.29) is 0 Å². The number of aryl methyl sites for hydroxylation is 1. The average Bonchev–Trinajstić information content (AvgIpc) is 3.05. The Morgan fingerprint density at radius 2 is 2.05 bits per heavy atom. The SMILES string of the molecule is Cc1cc2[nH]n3ncc(-c4ccccc4)[n+]3c2cc1[NH+]([O-])O. The minimum atomic E-state index is -0.930. The molecule has 22 heavy (non-hydrogen) atoms. The van der Waals surface area contributed by atoms with Crippen molar-refractivity contribution in [2.24, 2.45) is 0 Å². The van der Waals surface area contributed by atoms with Crippen molar-refractivity contribution in [3.63, 3.8) is 0 Å². The van der Waals surface area contributed by atoms with Crippen LogP contribution in [-0.4, -0.2) is 20.1 Å². The summed E-state index contributed by atoms with van der Waals surface area (Å²) in [4.78, 5) is 0. The van der Waals surface area contributed by atoms with E-state index in [4.69, 9.17) is 0 Å². The van der Waals surface area contributed by atoms with Gasteiger partial charge < -0.3 is 5.21 Å². The lowest BCUT2D eigenvalue weighted by molar-refractivity contribution is -0.991. The molecule has 0 aliphatic rings. The van der Waals surface area contributed by atoms with Gasteiger partial charge in [-0.25, -0.2) is 5.21 Å². The number of aromatic amines is 1. The molecule has 7 nitrogen and oxygen atoms in total. The molecule has 1 atom stereocenters. The van der Waals surface area contributed by atoms with Gasteiger partial charge in [-0.3, -0.25) is 0 Å². The van der Waals surface area contributed by atoms with Gasteiger partial charge in [0.1, 0.15) is 0 Å². The van der Waals surface area contributed by atoms with Gasteiger partial charge in [0.25, 0.3) is 0 Å². The van der Waals surface area contributed by atoms with Crippen LogP contribution in [-0.2, 0) is 0 Å². The molecule has 0 aliphatic heterocycles. The Hall–Kier alpha value is -2.74. The Balaban J connectivity index is 2.07. The molecule has 7 heteroatoms. The molecule has 3 N–H and O–H groups in total. The molecule has 4 rings (SSSR count). The summed E-state index contributed by atoms with van der Waals surface area (Å²) < 4.78 is 3.48. The number of nitrogens with one attached hydrogen (secondary N) is 2. The number of quaternary nitrogens is 1. The third kappa shape index (κ3) is 1.81. The van der Waals surface area contributed by atoms with Crippen molar-refractivity contribution in [2.75, 3.05) is 0 Å². The summed E-state index contributed by atoms with van der Waals surface area (Å²) >= 11 is 0. The number of H-pyrrole nitrogens is 1. The Kier molecular flexibility index (Phi) is 2.73. The highest BCUT2D eigenvalue weighted by Gasteiger charge is 2.21. The van der Waals surface area contributed by atoms with E-state index in [1.54, 1.807) is 23.9 Å². The molecule has 0 fully saturated rings. The molecule has 2 aromatic heterocycles. The van der Waals surface area contributed by atoms with Gasteiger partial charge in [-0.05, 0) is 13.0 Å². The van der Waals surface area contributed by atoms with Crippen molar-refractivity contribution in [1.82, 2.24) is 14.9 Å². The predicted octanol–water partition coefficient (Wildman–Crippen LogP) is 0.780. The fourth-order valence-corrected chi connectivity index (χ4v) is 2.73. The van der Waals surface area contributed by atoms with Crippen molar-refractivity contribution in [3.8, 4) is 11.3 Å². The third-order valence-electron chi connectivity index (χ3n) is 3.80.